The molecule has 1 aliphatic rings. The predicted octanol–water partition coefficient (Wildman–Crippen LogP) is 4.15. The number of ether oxygens (including phenoxy) is 2. The summed E-state index contributed by atoms with van der Waals surface area (Å²) in [6.07, 6.45) is 8.58. The van der Waals surface area contributed by atoms with Gasteiger partial charge in [-0.25, -0.2) is 4.68 Å². The first-order valence-corrected chi connectivity index (χ1v) is 13.2. The van der Waals surface area contributed by atoms with E-state index in [1.165, 1.54) is 6.08 Å². The fourth-order valence-electron chi connectivity index (χ4n) is 4.07. The lowest BCUT2D eigenvalue weighted by atomic mass is 10.1. The number of rotatable bonds is 11. The Morgan fingerprint density at radius 1 is 1.07 bits per heavy atom. The summed E-state index contributed by atoms with van der Waals surface area (Å²) in [5.41, 5.74) is 3.66. The Labute approximate surface area is 237 Å². The van der Waals surface area contributed by atoms with E-state index in [-0.39, 0.29) is 12.1 Å². The third-order valence-corrected chi connectivity index (χ3v) is 5.98. The zero-order chi connectivity index (χ0) is 29.0. The van der Waals surface area contributed by atoms with Crippen molar-refractivity contribution in [3.63, 3.8) is 0 Å². The van der Waals surface area contributed by atoms with E-state index in [4.69, 9.17) is 14.6 Å². The molecule has 1 amide bonds. The predicted molar refractivity (Wildman–Crippen MR) is 160 cm³/mol. The zero-order valence-electron chi connectivity index (χ0n) is 23.7. The highest BCUT2D eigenvalue weighted by Gasteiger charge is 2.24. The molecule has 0 aliphatic carbocycles. The topological polar surface area (TPSA) is 107 Å². The van der Waals surface area contributed by atoms with Gasteiger partial charge in [-0.2, -0.15) is 5.10 Å². The van der Waals surface area contributed by atoms with Crippen LogP contribution in [0.25, 0.3) is 11.3 Å². The van der Waals surface area contributed by atoms with Crippen LogP contribution in [0.2, 0.25) is 0 Å². The number of amides is 1. The Morgan fingerprint density at radius 3 is 2.27 bits per heavy atom. The summed E-state index contributed by atoms with van der Waals surface area (Å²) in [7, 11) is 5.36. The summed E-state index contributed by atoms with van der Waals surface area (Å²) in [4.78, 5) is 20.7. The highest BCUT2D eigenvalue weighted by Crippen LogP contribution is 2.27. The van der Waals surface area contributed by atoms with E-state index in [1.807, 2.05) is 98.6 Å². The largest absolute Gasteiger partial charge is 0.393 e. The lowest BCUT2D eigenvalue weighted by Gasteiger charge is -2.07. The lowest BCUT2D eigenvalue weighted by molar-refractivity contribution is -0.110. The second-order valence-corrected chi connectivity index (χ2v) is 8.81. The minimum absolute atomic E-state index is 0.198. The van der Waals surface area contributed by atoms with Gasteiger partial charge in [-0.3, -0.25) is 9.59 Å². The molecule has 1 saturated heterocycles. The number of anilines is 1. The highest BCUT2D eigenvalue weighted by atomic mass is 16.5. The van der Waals surface area contributed by atoms with Crippen molar-refractivity contribution in [2.75, 3.05) is 39.7 Å². The van der Waals surface area contributed by atoms with Crippen LogP contribution in [0.4, 0.5) is 5.82 Å². The Bertz CT molecular complexity index is 1150. The van der Waals surface area contributed by atoms with Gasteiger partial charge >= 0.3 is 0 Å². The second-order valence-electron chi connectivity index (χ2n) is 8.81. The summed E-state index contributed by atoms with van der Waals surface area (Å²) in [6, 6.07) is 22.1. The zero-order valence-corrected chi connectivity index (χ0v) is 23.7. The molecule has 9 heteroatoms. The average Bonchev–Trinajstić information content (AvgIpc) is 3.59. The van der Waals surface area contributed by atoms with E-state index < -0.39 is 0 Å². The number of para-hydroxylation sites is 1. The number of nitrogens with one attached hydrogen (secondary N) is 3. The first-order chi connectivity index (χ1) is 19.6. The molecule has 0 bridgehead atoms. The van der Waals surface area contributed by atoms with Gasteiger partial charge in [0.05, 0.1) is 30.1 Å². The maximum absolute atomic E-state index is 10.6. The third-order valence-electron chi connectivity index (χ3n) is 5.98. The number of allylic oxidation sites excluding steroid dienone is 3. The van der Waals surface area contributed by atoms with Crippen molar-refractivity contribution >= 4 is 24.1 Å². The van der Waals surface area contributed by atoms with Crippen molar-refractivity contribution in [3.8, 4) is 5.69 Å². The molecule has 0 saturated carbocycles. The maximum Gasteiger partial charge on any atom is 0.207 e. The van der Waals surface area contributed by atoms with Crippen LogP contribution >= 0.6 is 0 Å². The Morgan fingerprint density at radius 2 is 1.73 bits per heavy atom. The Kier molecular flexibility index (Phi) is 15.2. The number of nitrogens with zero attached hydrogens (tertiary/aromatic N) is 2. The Balaban J connectivity index is 0.000000257. The number of benzene rings is 2. The van der Waals surface area contributed by atoms with Crippen molar-refractivity contribution in [2.24, 2.45) is 0 Å². The maximum atomic E-state index is 10.6. The lowest BCUT2D eigenvalue weighted by Crippen LogP contribution is -2.27. The van der Waals surface area contributed by atoms with Crippen LogP contribution in [0.1, 0.15) is 24.1 Å². The van der Waals surface area contributed by atoms with E-state index >= 15 is 0 Å². The van der Waals surface area contributed by atoms with Crippen LogP contribution in [0.5, 0.6) is 0 Å². The molecule has 40 heavy (non-hydrogen) atoms. The smallest absolute Gasteiger partial charge is 0.207 e. The van der Waals surface area contributed by atoms with E-state index in [0.29, 0.717) is 6.61 Å². The van der Waals surface area contributed by atoms with Crippen molar-refractivity contribution in [2.45, 2.75) is 31.9 Å². The monoisotopic (exact) mass is 547 g/mol. The average molecular weight is 548 g/mol. The van der Waals surface area contributed by atoms with E-state index in [1.54, 1.807) is 13.2 Å². The van der Waals surface area contributed by atoms with Gasteiger partial charge in [0.25, 0.3) is 0 Å². The summed E-state index contributed by atoms with van der Waals surface area (Å²) >= 11 is 0. The number of aldehydes is 1. The van der Waals surface area contributed by atoms with Gasteiger partial charge in [-0.1, -0.05) is 54.6 Å². The molecular weight excluding hydrogens is 506 g/mol. The molecule has 0 spiro atoms. The van der Waals surface area contributed by atoms with Crippen molar-refractivity contribution in [3.05, 3.63) is 96.3 Å². The molecule has 1 unspecified atom stereocenters. The van der Waals surface area contributed by atoms with E-state index in [0.717, 1.165) is 60.5 Å². The number of hydrogen-bond donors (Lipinski definition) is 3. The molecule has 214 valence electrons. The molecule has 3 N–H and O–H groups in total. The van der Waals surface area contributed by atoms with E-state index in [9.17, 15) is 9.59 Å². The Hall–Kier alpha value is -4.21. The molecule has 3 aromatic rings. The normalized spacial score (nSPS) is 16.2. The molecule has 1 aliphatic heterocycles. The van der Waals surface area contributed by atoms with Crippen LogP contribution < -0.4 is 16.0 Å². The van der Waals surface area contributed by atoms with Crippen LogP contribution in [0, 0.1) is 6.92 Å². The van der Waals surface area contributed by atoms with Gasteiger partial charge in [0, 0.05) is 45.1 Å². The van der Waals surface area contributed by atoms with Crippen LogP contribution in [-0.2, 0) is 19.1 Å². The van der Waals surface area contributed by atoms with Crippen molar-refractivity contribution in [1.82, 2.24) is 20.4 Å². The molecule has 4 rings (SSSR count). The standard InChI is InChI=1S/C17H20N4O.C8H15NO3.C6H6/c1-13-16(14(12-18-2)8-7-11-22)20-21(17(13)19-3)15-9-5-4-6-10-15;1-11-3-2-8-4-7(5-12-8)9-6-10;1-2-4-6-5-3-1/h4-12,18-19H,1-3H3;6-8H,2-5H2,1H3,(H,9,10);1-6H/b8-7-,14-12+;;/t;7-,8?;/m.1./s1. The molecular formula is C31H41N5O4. The number of hydrogen-bond acceptors (Lipinski definition) is 7. The third kappa shape index (κ3) is 10.5. The quantitative estimate of drug-likeness (QED) is 0.188. The van der Waals surface area contributed by atoms with Gasteiger partial charge in [-0.05, 0) is 44.1 Å². The molecule has 2 heterocycles. The van der Waals surface area contributed by atoms with Crippen molar-refractivity contribution in [1.29, 1.82) is 0 Å². The van der Waals surface area contributed by atoms with Gasteiger partial charge in [0.2, 0.25) is 6.41 Å². The van der Waals surface area contributed by atoms with Gasteiger partial charge < -0.3 is 25.4 Å². The molecule has 2 atom stereocenters. The highest BCUT2D eigenvalue weighted by molar-refractivity contribution is 5.80. The number of methoxy groups -OCH3 is 1. The molecule has 2 aromatic carbocycles. The van der Waals surface area contributed by atoms with Gasteiger partial charge in [-0.15, -0.1) is 0 Å². The molecule has 0 radical (unpaired) electrons. The first kappa shape index (κ1) is 32.0. The minimum Gasteiger partial charge on any atom is -0.393 e. The van der Waals surface area contributed by atoms with Crippen LogP contribution in [0.15, 0.2) is 85.1 Å². The number of carbonyl (C=O) groups is 2. The fourth-order valence-corrected chi connectivity index (χ4v) is 4.07. The van der Waals surface area contributed by atoms with Crippen LogP contribution in [0.3, 0.4) is 0 Å². The number of aromatic nitrogens is 2. The number of carbonyl (C=O) groups excluding carboxylic acids is 2. The SMILES string of the molecule is CN/C=C(\C=C/C=O)c1nn(-c2ccccc2)c(NC)c1C.COCCC1C[C@@H](NC=O)CO1.c1ccccc1. The minimum atomic E-state index is 0.198. The molecule has 1 aromatic heterocycles. The summed E-state index contributed by atoms with van der Waals surface area (Å²) in [6.45, 7) is 3.36. The van der Waals surface area contributed by atoms with Gasteiger partial charge in [0.15, 0.2) is 0 Å². The van der Waals surface area contributed by atoms with Crippen LogP contribution in [-0.4, -0.2) is 69.0 Å². The second kappa shape index (κ2) is 18.9. The summed E-state index contributed by atoms with van der Waals surface area (Å²) in [5.74, 6) is 0.919. The molecule has 9 nitrogen and oxygen atoms in total. The summed E-state index contributed by atoms with van der Waals surface area (Å²) in [5, 5.41) is 13.6. The summed E-state index contributed by atoms with van der Waals surface area (Å²) < 4.78 is 12.2. The van der Waals surface area contributed by atoms with Crippen molar-refractivity contribution < 1.29 is 19.1 Å². The first-order valence-electron chi connectivity index (χ1n) is 13.2. The van der Waals surface area contributed by atoms with Gasteiger partial charge in [0.1, 0.15) is 12.1 Å². The molecule has 1 fully saturated rings. The fraction of sp³-hybridized carbons (Fsp3) is 0.323. The van der Waals surface area contributed by atoms with E-state index in [2.05, 4.69) is 16.0 Å².